The Labute approximate surface area is 144 Å². The molecule has 5 nitrogen and oxygen atoms in total. The largest absolute Gasteiger partial charge is 0.352 e. The summed E-state index contributed by atoms with van der Waals surface area (Å²) in [5.74, 6) is 0.237. The van der Waals surface area contributed by atoms with Crippen molar-refractivity contribution in [2.45, 2.75) is 36.0 Å². The highest BCUT2D eigenvalue weighted by molar-refractivity contribution is 8.01. The van der Waals surface area contributed by atoms with Gasteiger partial charge in [0.15, 0.2) is 0 Å². The minimum absolute atomic E-state index is 0.0735. The lowest BCUT2D eigenvalue weighted by molar-refractivity contribution is -0.124. The molecular weight excluding hydrogens is 334 g/mol. The fraction of sp³-hybridized carbons (Fsp3) is 0.500. The Kier molecular flexibility index (Phi) is 5.14. The molecule has 0 aromatic heterocycles. The van der Waals surface area contributed by atoms with Crippen molar-refractivity contribution in [3.63, 3.8) is 0 Å². The number of carbonyl (C=O) groups excluding carboxylic acids is 2. The summed E-state index contributed by atoms with van der Waals surface area (Å²) >= 11 is 7.35. The van der Waals surface area contributed by atoms with E-state index in [1.54, 1.807) is 12.1 Å². The highest BCUT2D eigenvalue weighted by Crippen LogP contribution is 2.38. The van der Waals surface area contributed by atoms with Crippen molar-refractivity contribution in [1.82, 2.24) is 10.6 Å². The van der Waals surface area contributed by atoms with Crippen LogP contribution in [0.15, 0.2) is 23.1 Å². The van der Waals surface area contributed by atoms with Crippen LogP contribution in [-0.4, -0.2) is 36.2 Å². The maximum absolute atomic E-state index is 12.3. The second-order valence-corrected chi connectivity index (χ2v) is 7.77. The summed E-state index contributed by atoms with van der Waals surface area (Å²) in [6.07, 6.45) is 1.24. The molecule has 0 spiro atoms. The third kappa shape index (κ3) is 4.00. The van der Waals surface area contributed by atoms with E-state index in [-0.39, 0.29) is 24.3 Å². The van der Waals surface area contributed by atoms with E-state index in [9.17, 15) is 9.59 Å². The van der Waals surface area contributed by atoms with E-state index in [1.807, 2.05) is 6.07 Å². The predicted molar refractivity (Wildman–Crippen MR) is 92.9 cm³/mol. The molecule has 7 heteroatoms. The zero-order chi connectivity index (χ0) is 16.4. The molecule has 3 unspecified atom stereocenters. The molecule has 3 rings (SSSR count). The van der Waals surface area contributed by atoms with E-state index in [1.165, 1.54) is 11.8 Å². The van der Waals surface area contributed by atoms with Crippen molar-refractivity contribution in [3.05, 3.63) is 23.2 Å². The molecule has 1 aromatic carbocycles. The summed E-state index contributed by atoms with van der Waals surface area (Å²) in [5, 5.41) is 9.35. The fourth-order valence-electron chi connectivity index (χ4n) is 2.87. The molecule has 124 valence electrons. The number of thioether (sulfide) groups is 1. The van der Waals surface area contributed by atoms with Gasteiger partial charge in [0.1, 0.15) is 0 Å². The molecule has 1 fully saturated rings. The van der Waals surface area contributed by atoms with Gasteiger partial charge in [-0.2, -0.15) is 0 Å². The van der Waals surface area contributed by atoms with E-state index in [0.717, 1.165) is 24.4 Å². The van der Waals surface area contributed by atoms with Crippen molar-refractivity contribution in [1.29, 1.82) is 0 Å². The SMILES string of the molecule is CC1CCNCC1NC(=O)CC1Sc2ccc(Cl)cc2NC1=O. The molecule has 0 bridgehead atoms. The minimum Gasteiger partial charge on any atom is -0.352 e. The van der Waals surface area contributed by atoms with Crippen molar-refractivity contribution in [2.24, 2.45) is 5.92 Å². The Morgan fingerprint density at radius 2 is 2.30 bits per heavy atom. The Morgan fingerprint density at radius 1 is 1.48 bits per heavy atom. The van der Waals surface area contributed by atoms with E-state index in [4.69, 9.17) is 11.6 Å². The minimum atomic E-state index is -0.407. The van der Waals surface area contributed by atoms with Crippen molar-refractivity contribution >= 4 is 40.9 Å². The molecule has 3 atom stereocenters. The molecule has 0 aliphatic carbocycles. The van der Waals surface area contributed by atoms with Gasteiger partial charge in [-0.3, -0.25) is 9.59 Å². The molecule has 23 heavy (non-hydrogen) atoms. The summed E-state index contributed by atoms with van der Waals surface area (Å²) in [4.78, 5) is 25.4. The molecule has 0 saturated carbocycles. The Bertz CT molecular complexity index is 625. The Balaban J connectivity index is 1.60. The normalized spacial score (nSPS) is 27.0. The van der Waals surface area contributed by atoms with Gasteiger partial charge in [0.25, 0.3) is 0 Å². The Hall–Kier alpha value is -1.24. The van der Waals surface area contributed by atoms with Crippen LogP contribution in [0.5, 0.6) is 0 Å². The average molecular weight is 354 g/mol. The first-order chi connectivity index (χ1) is 11.0. The van der Waals surface area contributed by atoms with Gasteiger partial charge in [-0.15, -0.1) is 11.8 Å². The zero-order valence-corrected chi connectivity index (χ0v) is 14.5. The molecule has 3 N–H and O–H groups in total. The summed E-state index contributed by atoms with van der Waals surface area (Å²) in [6.45, 7) is 3.93. The van der Waals surface area contributed by atoms with Crippen molar-refractivity contribution in [3.8, 4) is 0 Å². The number of nitrogens with one attached hydrogen (secondary N) is 3. The maximum atomic E-state index is 12.3. The van der Waals surface area contributed by atoms with E-state index >= 15 is 0 Å². The number of hydrogen-bond acceptors (Lipinski definition) is 4. The molecule has 2 amide bonds. The number of carbonyl (C=O) groups is 2. The molecular formula is C16H20ClN3O2S. The molecule has 2 heterocycles. The van der Waals surface area contributed by atoms with Gasteiger partial charge < -0.3 is 16.0 Å². The molecule has 1 saturated heterocycles. The first-order valence-electron chi connectivity index (χ1n) is 7.80. The standard InChI is InChI=1S/C16H20ClN3O2S/c1-9-4-5-18-8-12(9)19-15(21)7-14-16(22)20-11-6-10(17)2-3-13(11)23-14/h2-3,6,9,12,14,18H,4-5,7-8H2,1H3,(H,19,21)(H,20,22). The number of hydrogen-bond donors (Lipinski definition) is 3. The number of piperidine rings is 1. The monoisotopic (exact) mass is 353 g/mol. The summed E-state index contributed by atoms with van der Waals surface area (Å²) in [7, 11) is 0. The van der Waals surface area contributed by atoms with Crippen LogP contribution in [-0.2, 0) is 9.59 Å². The summed E-state index contributed by atoms with van der Waals surface area (Å²) < 4.78 is 0. The fourth-order valence-corrected chi connectivity index (χ4v) is 4.14. The number of amides is 2. The topological polar surface area (TPSA) is 70.2 Å². The van der Waals surface area contributed by atoms with Crippen molar-refractivity contribution < 1.29 is 9.59 Å². The lowest BCUT2D eigenvalue weighted by Gasteiger charge is -2.31. The average Bonchev–Trinajstić information content (AvgIpc) is 2.50. The van der Waals surface area contributed by atoms with Gasteiger partial charge in [0, 0.05) is 28.9 Å². The van der Waals surface area contributed by atoms with Crippen LogP contribution in [0, 0.1) is 5.92 Å². The molecule has 1 aromatic rings. The number of benzene rings is 1. The van der Waals surface area contributed by atoms with Crippen LogP contribution in [0.1, 0.15) is 19.8 Å². The summed E-state index contributed by atoms with van der Waals surface area (Å²) in [5.41, 5.74) is 0.717. The van der Waals surface area contributed by atoms with Crippen LogP contribution in [0.4, 0.5) is 5.69 Å². The first-order valence-corrected chi connectivity index (χ1v) is 9.06. The highest BCUT2D eigenvalue weighted by Gasteiger charge is 2.30. The Morgan fingerprint density at radius 3 is 3.09 bits per heavy atom. The van der Waals surface area contributed by atoms with Crippen LogP contribution in [0.2, 0.25) is 5.02 Å². The number of halogens is 1. The van der Waals surface area contributed by atoms with Gasteiger partial charge in [-0.25, -0.2) is 0 Å². The van der Waals surface area contributed by atoms with E-state index in [2.05, 4.69) is 22.9 Å². The second kappa shape index (κ2) is 7.11. The molecule has 2 aliphatic heterocycles. The van der Waals surface area contributed by atoms with Crippen molar-refractivity contribution in [2.75, 3.05) is 18.4 Å². The third-order valence-electron chi connectivity index (χ3n) is 4.31. The van der Waals surface area contributed by atoms with E-state index in [0.29, 0.717) is 16.6 Å². The van der Waals surface area contributed by atoms with Crippen LogP contribution in [0.3, 0.4) is 0 Å². The third-order valence-corrected chi connectivity index (χ3v) is 5.82. The van der Waals surface area contributed by atoms with Crippen LogP contribution in [0.25, 0.3) is 0 Å². The second-order valence-electron chi connectivity index (χ2n) is 6.08. The van der Waals surface area contributed by atoms with Gasteiger partial charge in [0.2, 0.25) is 11.8 Å². The zero-order valence-electron chi connectivity index (χ0n) is 12.9. The smallest absolute Gasteiger partial charge is 0.238 e. The van der Waals surface area contributed by atoms with Gasteiger partial charge in [-0.05, 0) is 37.1 Å². The van der Waals surface area contributed by atoms with E-state index < -0.39 is 5.25 Å². The summed E-state index contributed by atoms with van der Waals surface area (Å²) in [6, 6.07) is 5.53. The van der Waals surface area contributed by atoms with Crippen LogP contribution >= 0.6 is 23.4 Å². The van der Waals surface area contributed by atoms with Crippen LogP contribution < -0.4 is 16.0 Å². The quantitative estimate of drug-likeness (QED) is 0.779. The first kappa shape index (κ1) is 16.6. The van der Waals surface area contributed by atoms with Gasteiger partial charge in [-0.1, -0.05) is 18.5 Å². The number of anilines is 1. The van der Waals surface area contributed by atoms with Gasteiger partial charge >= 0.3 is 0 Å². The molecule has 0 radical (unpaired) electrons. The number of rotatable bonds is 3. The predicted octanol–water partition coefficient (Wildman–Crippen LogP) is 2.26. The molecule has 2 aliphatic rings. The number of fused-ring (bicyclic) bond motifs is 1. The highest BCUT2D eigenvalue weighted by atomic mass is 35.5. The lowest BCUT2D eigenvalue weighted by atomic mass is 9.94. The lowest BCUT2D eigenvalue weighted by Crippen LogP contribution is -2.51. The van der Waals surface area contributed by atoms with Gasteiger partial charge in [0.05, 0.1) is 10.9 Å². The maximum Gasteiger partial charge on any atom is 0.238 e.